The van der Waals surface area contributed by atoms with Crippen molar-refractivity contribution in [3.63, 3.8) is 0 Å². The first-order valence-corrected chi connectivity index (χ1v) is 14.8. The van der Waals surface area contributed by atoms with Crippen LogP contribution in [0.2, 0.25) is 0 Å². The Labute approximate surface area is 239 Å². The maximum atomic E-state index is 9.23. The molecular formula is C30H13N5S4. The van der Waals surface area contributed by atoms with Crippen LogP contribution in [0, 0.1) is 45.3 Å². The van der Waals surface area contributed by atoms with Crippen LogP contribution in [0.3, 0.4) is 0 Å². The number of thiophene rings is 4. The number of para-hydroxylation sites is 1. The van der Waals surface area contributed by atoms with Crippen molar-refractivity contribution in [2.24, 2.45) is 0 Å². The van der Waals surface area contributed by atoms with Crippen molar-refractivity contribution in [1.82, 2.24) is 4.57 Å². The van der Waals surface area contributed by atoms with Crippen LogP contribution in [-0.4, -0.2) is 4.57 Å². The predicted octanol–water partition coefficient (Wildman–Crippen LogP) is 9.22. The molecule has 0 unspecified atom stereocenters. The molecule has 0 fully saturated rings. The molecule has 0 atom stereocenters. The van der Waals surface area contributed by atoms with E-state index in [-0.39, 0.29) is 11.1 Å². The first-order chi connectivity index (χ1) is 19.1. The normalized spacial score (nSPS) is 10.5. The van der Waals surface area contributed by atoms with Gasteiger partial charge in [0.25, 0.3) is 0 Å². The minimum atomic E-state index is 0.0862. The van der Waals surface area contributed by atoms with Gasteiger partial charge in [-0.15, -0.1) is 45.3 Å². The van der Waals surface area contributed by atoms with Crippen LogP contribution in [0.5, 0.6) is 0 Å². The van der Waals surface area contributed by atoms with Crippen LogP contribution in [-0.2, 0) is 0 Å². The summed E-state index contributed by atoms with van der Waals surface area (Å²) < 4.78 is 4.54. The van der Waals surface area contributed by atoms with Crippen molar-refractivity contribution in [2.75, 3.05) is 0 Å². The predicted molar refractivity (Wildman–Crippen MR) is 162 cm³/mol. The minimum absolute atomic E-state index is 0.0862. The Balaban J connectivity index is 1.45. The van der Waals surface area contributed by atoms with Crippen LogP contribution in [0.4, 0.5) is 0 Å². The quantitative estimate of drug-likeness (QED) is 0.192. The zero-order chi connectivity index (χ0) is 26.9. The summed E-state index contributed by atoms with van der Waals surface area (Å²) in [6, 6.07) is 30.4. The number of allylic oxidation sites excluding steroid dienone is 2. The Morgan fingerprint density at radius 2 is 1.13 bits per heavy atom. The van der Waals surface area contributed by atoms with E-state index in [1.807, 2.05) is 60.7 Å². The zero-order valence-electron chi connectivity index (χ0n) is 19.9. The lowest BCUT2D eigenvalue weighted by atomic mass is 10.2. The van der Waals surface area contributed by atoms with Crippen molar-refractivity contribution in [1.29, 1.82) is 21.0 Å². The zero-order valence-corrected chi connectivity index (χ0v) is 23.1. The second-order valence-electron chi connectivity index (χ2n) is 8.29. The van der Waals surface area contributed by atoms with Crippen LogP contribution in [0.1, 0.15) is 9.75 Å². The minimum Gasteiger partial charge on any atom is -0.307 e. The highest BCUT2D eigenvalue weighted by Gasteiger charge is 2.20. The summed E-state index contributed by atoms with van der Waals surface area (Å²) in [5.74, 6) is 0. The molecule has 5 nitrogen and oxygen atoms in total. The molecule has 1 aromatic carbocycles. The van der Waals surface area contributed by atoms with Crippen LogP contribution in [0.15, 0.2) is 77.9 Å². The molecule has 0 aliphatic carbocycles. The lowest BCUT2D eigenvalue weighted by Gasteiger charge is -2.05. The molecule has 0 saturated carbocycles. The van der Waals surface area contributed by atoms with Gasteiger partial charge in [0.1, 0.15) is 35.4 Å². The molecule has 5 aromatic heterocycles. The van der Waals surface area contributed by atoms with E-state index in [9.17, 15) is 10.5 Å². The first kappa shape index (κ1) is 24.6. The smallest absolute Gasteiger partial charge is 0.131 e. The number of rotatable bonds is 5. The molecular weight excluding hydrogens is 559 g/mol. The fraction of sp³-hybridized carbons (Fsp3) is 0. The molecule has 0 aliphatic heterocycles. The molecule has 182 valence electrons. The third-order valence-corrected chi connectivity index (χ3v) is 10.8. The molecule has 0 N–H and O–H groups in total. The Bertz CT molecular complexity index is 2080. The Hall–Kier alpha value is -4.74. The van der Waals surface area contributed by atoms with E-state index in [0.29, 0.717) is 0 Å². The van der Waals surface area contributed by atoms with Crippen molar-refractivity contribution in [3.05, 3.63) is 87.6 Å². The van der Waals surface area contributed by atoms with Crippen molar-refractivity contribution < 1.29 is 0 Å². The largest absolute Gasteiger partial charge is 0.307 e. The van der Waals surface area contributed by atoms with Crippen molar-refractivity contribution in [2.45, 2.75) is 0 Å². The molecule has 5 heterocycles. The molecule has 39 heavy (non-hydrogen) atoms. The first-order valence-electron chi connectivity index (χ1n) is 11.5. The van der Waals surface area contributed by atoms with Gasteiger partial charge in [-0.25, -0.2) is 0 Å². The summed E-state index contributed by atoms with van der Waals surface area (Å²) in [4.78, 5) is 6.28. The molecule has 6 rings (SSSR count). The van der Waals surface area contributed by atoms with Gasteiger partial charge in [-0.1, -0.05) is 18.2 Å². The van der Waals surface area contributed by atoms with E-state index in [0.717, 1.165) is 50.7 Å². The Morgan fingerprint density at radius 3 is 1.82 bits per heavy atom. The lowest BCUT2D eigenvalue weighted by molar-refractivity contribution is 1.18. The number of benzene rings is 1. The summed E-state index contributed by atoms with van der Waals surface area (Å²) in [5.41, 5.74) is 3.41. The fourth-order valence-electron chi connectivity index (χ4n) is 4.25. The summed E-state index contributed by atoms with van der Waals surface area (Å²) in [6.45, 7) is 0. The van der Waals surface area contributed by atoms with Gasteiger partial charge in [0.2, 0.25) is 0 Å². The molecule has 9 heteroatoms. The highest BCUT2D eigenvalue weighted by atomic mass is 32.1. The van der Waals surface area contributed by atoms with Crippen LogP contribution < -0.4 is 0 Å². The van der Waals surface area contributed by atoms with Crippen molar-refractivity contribution >= 4 is 77.9 Å². The highest BCUT2D eigenvalue weighted by molar-refractivity contribution is 7.31. The molecule has 0 spiro atoms. The van der Waals surface area contributed by atoms with Gasteiger partial charge in [0.05, 0.1) is 20.4 Å². The van der Waals surface area contributed by atoms with E-state index < -0.39 is 0 Å². The van der Waals surface area contributed by atoms with E-state index in [1.54, 1.807) is 57.5 Å². The van der Waals surface area contributed by atoms with Gasteiger partial charge >= 0.3 is 0 Å². The highest BCUT2D eigenvalue weighted by Crippen LogP contribution is 2.47. The molecule has 0 amide bonds. The van der Waals surface area contributed by atoms with E-state index in [4.69, 9.17) is 10.5 Å². The molecule has 0 radical (unpaired) electrons. The number of fused-ring (bicyclic) bond motifs is 3. The topological polar surface area (TPSA) is 100 Å². The third-order valence-electron chi connectivity index (χ3n) is 5.92. The number of nitriles is 4. The summed E-state index contributed by atoms with van der Waals surface area (Å²) in [7, 11) is 0. The van der Waals surface area contributed by atoms with Gasteiger partial charge in [0, 0.05) is 35.0 Å². The monoisotopic (exact) mass is 571 g/mol. The lowest BCUT2D eigenvalue weighted by Crippen LogP contribution is -1.91. The van der Waals surface area contributed by atoms with E-state index in [1.165, 1.54) is 4.70 Å². The SMILES string of the molecule is N#CC(C#N)=Cc1ccc(-c2ccc(-c3cc4c(s3)c3sc(C=C(C#N)C#N)cc3n4-c3ccccc3)s2)s1. The maximum absolute atomic E-state index is 9.23. The van der Waals surface area contributed by atoms with E-state index >= 15 is 0 Å². The molecule has 0 aliphatic rings. The van der Waals surface area contributed by atoms with Gasteiger partial charge in [-0.2, -0.15) is 21.0 Å². The summed E-state index contributed by atoms with van der Waals surface area (Å²) in [6.07, 6.45) is 3.26. The molecule has 0 saturated heterocycles. The molecule has 0 bridgehead atoms. The second-order valence-corrected chi connectivity index (χ2v) is 12.6. The fourth-order valence-corrected chi connectivity index (χ4v) is 8.75. The van der Waals surface area contributed by atoms with Crippen molar-refractivity contribution in [3.8, 4) is 49.5 Å². The average Bonchev–Trinajstić information content (AvgIpc) is 3.78. The number of hydrogen-bond acceptors (Lipinski definition) is 8. The summed E-state index contributed by atoms with van der Waals surface area (Å²) in [5, 5.41) is 36.5. The Morgan fingerprint density at radius 1 is 0.564 bits per heavy atom. The standard InChI is InChI=1S/C30H13N5S4/c31-14-18(15-32)10-21-6-7-25(36-21)26-8-9-27(38-26)28-13-24-30(39-28)29-23(35(24)20-4-2-1-3-5-20)12-22(37-29)11-19(16-33)17-34/h1-13H. The van der Waals surface area contributed by atoms with Gasteiger partial charge in [-0.05, 0) is 60.7 Å². The second kappa shape index (κ2) is 10.2. The number of nitrogens with zero attached hydrogens (tertiary/aromatic N) is 5. The third kappa shape index (κ3) is 4.47. The van der Waals surface area contributed by atoms with Gasteiger partial charge in [0.15, 0.2) is 0 Å². The van der Waals surface area contributed by atoms with Crippen LogP contribution >= 0.6 is 45.3 Å². The van der Waals surface area contributed by atoms with Gasteiger partial charge < -0.3 is 4.57 Å². The van der Waals surface area contributed by atoms with Crippen LogP contribution in [0.25, 0.3) is 57.8 Å². The molecule has 6 aromatic rings. The summed E-state index contributed by atoms with van der Waals surface area (Å²) >= 11 is 6.59. The number of aromatic nitrogens is 1. The van der Waals surface area contributed by atoms with E-state index in [2.05, 4.69) is 34.9 Å². The maximum Gasteiger partial charge on any atom is 0.131 e. The average molecular weight is 572 g/mol. The number of hydrogen-bond donors (Lipinski definition) is 0. The van der Waals surface area contributed by atoms with Gasteiger partial charge in [-0.3, -0.25) is 0 Å². The Kier molecular flexibility index (Phi) is 6.43.